The van der Waals surface area contributed by atoms with E-state index < -0.39 is 0 Å². The zero-order valence-electron chi connectivity index (χ0n) is 8.54. The summed E-state index contributed by atoms with van der Waals surface area (Å²) in [6.45, 7) is 5.75. The molecule has 0 heterocycles. The van der Waals surface area contributed by atoms with E-state index in [9.17, 15) is 4.79 Å². The second kappa shape index (κ2) is 6.28. The number of hydrogen-bond acceptors (Lipinski definition) is 3. The van der Waals surface area contributed by atoms with Crippen molar-refractivity contribution in [3.63, 3.8) is 0 Å². The van der Waals surface area contributed by atoms with Crippen LogP contribution in [0.3, 0.4) is 0 Å². The Morgan fingerprint density at radius 1 is 1.50 bits per heavy atom. The van der Waals surface area contributed by atoms with Gasteiger partial charge in [0, 0.05) is 11.8 Å². The van der Waals surface area contributed by atoms with E-state index in [2.05, 4.69) is 13.5 Å². The molecule has 1 aliphatic rings. The maximum atomic E-state index is 11.5. The Morgan fingerprint density at radius 3 is 2.50 bits per heavy atom. The third-order valence-corrected chi connectivity index (χ3v) is 2.65. The van der Waals surface area contributed by atoms with Crippen molar-refractivity contribution in [2.45, 2.75) is 39.0 Å². The summed E-state index contributed by atoms with van der Waals surface area (Å²) < 4.78 is 0. The van der Waals surface area contributed by atoms with Crippen molar-refractivity contribution in [2.24, 2.45) is 5.41 Å². The number of ketones is 1. The number of carbonyl (C=O) groups is 1. The Hall–Kier alpha value is -1.21. The summed E-state index contributed by atoms with van der Waals surface area (Å²) in [4.78, 5) is 27.7. The molecule has 0 aromatic heterocycles. The quantitative estimate of drug-likeness (QED) is 0.636. The van der Waals surface area contributed by atoms with Gasteiger partial charge in [0.2, 0.25) is 0 Å². The molecule has 1 aliphatic carbocycles. The van der Waals surface area contributed by atoms with Gasteiger partial charge in [-0.3, -0.25) is 4.79 Å². The van der Waals surface area contributed by atoms with Crippen molar-refractivity contribution in [2.75, 3.05) is 0 Å². The van der Waals surface area contributed by atoms with Crippen LogP contribution in [-0.4, -0.2) is 11.9 Å². The fourth-order valence-corrected chi connectivity index (χ4v) is 1.78. The summed E-state index contributed by atoms with van der Waals surface area (Å²) in [5.74, 6) is 0.434. The van der Waals surface area contributed by atoms with Crippen LogP contribution < -0.4 is 0 Å². The summed E-state index contributed by atoms with van der Waals surface area (Å²) in [5, 5.41) is 0. The monoisotopic (exact) mass is 196 g/mol. The van der Waals surface area contributed by atoms with Gasteiger partial charge in [0.1, 0.15) is 5.78 Å². The van der Waals surface area contributed by atoms with E-state index in [0.29, 0.717) is 5.78 Å². The van der Waals surface area contributed by atoms with Crippen molar-refractivity contribution in [1.82, 2.24) is 0 Å². The molecule has 0 aromatic carbocycles. The van der Waals surface area contributed by atoms with Crippen LogP contribution in [-0.2, 0) is 14.4 Å². The number of hydrogen-bond donors (Lipinski definition) is 0. The third-order valence-electron chi connectivity index (χ3n) is 2.65. The minimum Gasteiger partial charge on any atom is -0.299 e. The predicted molar refractivity (Wildman–Crippen MR) is 51.4 cm³/mol. The molecule has 0 spiro atoms. The van der Waals surface area contributed by atoms with Crippen molar-refractivity contribution >= 4 is 11.9 Å². The van der Waals surface area contributed by atoms with E-state index in [4.69, 9.17) is 9.59 Å². The number of carbonyl (C=O) groups excluding carboxylic acids is 3. The van der Waals surface area contributed by atoms with Gasteiger partial charge < -0.3 is 0 Å². The second-order valence-electron chi connectivity index (χ2n) is 3.77. The average Bonchev–Trinajstić information content (AvgIpc) is 2.12. The standard InChI is InChI=1S/C10H16O.CO2/c1-3-7-10(2)8-5-4-6-9(10)11;2-1-3/h3H,1,4-8H2,2H3;/t10-;/m1./s1. The molecule has 14 heavy (non-hydrogen) atoms. The maximum absolute atomic E-state index is 11.5. The van der Waals surface area contributed by atoms with Crippen LogP contribution in [0.2, 0.25) is 0 Å². The Kier molecular flexibility index (Phi) is 5.73. The molecule has 0 N–H and O–H groups in total. The molecule has 1 rings (SSSR count). The first-order valence-electron chi connectivity index (χ1n) is 4.74. The molecule has 0 bridgehead atoms. The van der Waals surface area contributed by atoms with Gasteiger partial charge in [-0.05, 0) is 19.3 Å². The molecule has 0 radical (unpaired) electrons. The highest BCUT2D eigenvalue weighted by atomic mass is 16.2. The van der Waals surface area contributed by atoms with Gasteiger partial charge >= 0.3 is 6.15 Å². The van der Waals surface area contributed by atoms with Crippen molar-refractivity contribution in [1.29, 1.82) is 0 Å². The highest BCUT2D eigenvalue weighted by Gasteiger charge is 2.33. The molecule has 0 unspecified atom stereocenters. The van der Waals surface area contributed by atoms with E-state index in [0.717, 1.165) is 25.7 Å². The van der Waals surface area contributed by atoms with Gasteiger partial charge in [0.25, 0.3) is 0 Å². The number of rotatable bonds is 2. The van der Waals surface area contributed by atoms with Crippen molar-refractivity contribution < 1.29 is 14.4 Å². The first kappa shape index (κ1) is 12.8. The zero-order valence-corrected chi connectivity index (χ0v) is 8.54. The van der Waals surface area contributed by atoms with Crippen LogP contribution in [0.25, 0.3) is 0 Å². The highest BCUT2D eigenvalue weighted by Crippen LogP contribution is 2.35. The van der Waals surface area contributed by atoms with Gasteiger partial charge in [-0.25, -0.2) is 0 Å². The molecular weight excluding hydrogens is 180 g/mol. The highest BCUT2D eigenvalue weighted by molar-refractivity contribution is 5.85. The summed E-state index contributed by atoms with van der Waals surface area (Å²) in [6, 6.07) is 0. The molecule has 78 valence electrons. The van der Waals surface area contributed by atoms with Gasteiger partial charge in [-0.2, -0.15) is 9.59 Å². The Morgan fingerprint density at radius 2 is 2.07 bits per heavy atom. The van der Waals surface area contributed by atoms with Crippen LogP contribution in [0.1, 0.15) is 39.0 Å². The fraction of sp³-hybridized carbons (Fsp3) is 0.636. The maximum Gasteiger partial charge on any atom is 0.373 e. The predicted octanol–water partition coefficient (Wildman–Crippen LogP) is 2.13. The van der Waals surface area contributed by atoms with E-state index in [1.807, 2.05) is 6.08 Å². The van der Waals surface area contributed by atoms with Crippen molar-refractivity contribution in [3.05, 3.63) is 12.7 Å². The molecule has 3 heteroatoms. The Bertz CT molecular complexity index is 239. The molecule has 0 saturated heterocycles. The first-order chi connectivity index (χ1) is 6.60. The molecule has 1 saturated carbocycles. The van der Waals surface area contributed by atoms with E-state index in [1.165, 1.54) is 6.42 Å². The average molecular weight is 196 g/mol. The third kappa shape index (κ3) is 3.67. The number of Topliss-reactive ketones (excluding diaryl/α,β-unsaturated/α-hetero) is 1. The van der Waals surface area contributed by atoms with Gasteiger partial charge in [-0.15, -0.1) is 6.58 Å². The lowest BCUT2D eigenvalue weighted by Gasteiger charge is -2.30. The van der Waals surface area contributed by atoms with E-state index in [1.54, 1.807) is 0 Å². The lowest BCUT2D eigenvalue weighted by Crippen LogP contribution is -2.30. The summed E-state index contributed by atoms with van der Waals surface area (Å²) >= 11 is 0. The van der Waals surface area contributed by atoms with E-state index >= 15 is 0 Å². The Labute approximate surface area is 84.2 Å². The molecule has 1 atom stereocenters. The Balaban J connectivity index is 0.000000500. The topological polar surface area (TPSA) is 51.2 Å². The van der Waals surface area contributed by atoms with Gasteiger partial charge in [0.05, 0.1) is 0 Å². The summed E-state index contributed by atoms with van der Waals surface area (Å²) in [6.07, 6.45) is 7.10. The zero-order chi connectivity index (χ0) is 11.0. The summed E-state index contributed by atoms with van der Waals surface area (Å²) in [5.41, 5.74) is -0.0694. The van der Waals surface area contributed by atoms with Gasteiger partial charge in [-0.1, -0.05) is 19.4 Å². The van der Waals surface area contributed by atoms with E-state index in [-0.39, 0.29) is 11.6 Å². The normalized spacial score (nSPS) is 25.6. The SMILES string of the molecule is C=CC[C@]1(C)CCCCC1=O.O=C=O. The summed E-state index contributed by atoms with van der Waals surface area (Å²) in [7, 11) is 0. The lowest BCUT2D eigenvalue weighted by molar-refractivity contribution is -0.191. The molecule has 0 amide bonds. The minimum atomic E-state index is -0.0694. The largest absolute Gasteiger partial charge is 0.373 e. The van der Waals surface area contributed by atoms with Crippen LogP contribution in [0.5, 0.6) is 0 Å². The molecular formula is C11H16O3. The second-order valence-corrected chi connectivity index (χ2v) is 3.77. The molecule has 0 aliphatic heterocycles. The molecule has 3 nitrogen and oxygen atoms in total. The number of allylic oxidation sites excluding steroid dienone is 1. The van der Waals surface area contributed by atoms with Crippen LogP contribution in [0, 0.1) is 5.41 Å². The smallest absolute Gasteiger partial charge is 0.299 e. The van der Waals surface area contributed by atoms with Gasteiger partial charge in [0.15, 0.2) is 0 Å². The molecule has 1 fully saturated rings. The van der Waals surface area contributed by atoms with Crippen LogP contribution in [0.4, 0.5) is 0 Å². The lowest BCUT2D eigenvalue weighted by atomic mass is 9.72. The van der Waals surface area contributed by atoms with Crippen molar-refractivity contribution in [3.8, 4) is 0 Å². The first-order valence-corrected chi connectivity index (χ1v) is 4.74. The minimum absolute atomic E-state index is 0.0694. The van der Waals surface area contributed by atoms with Crippen LogP contribution in [0.15, 0.2) is 12.7 Å². The molecule has 0 aromatic rings. The van der Waals surface area contributed by atoms with Crippen LogP contribution >= 0.6 is 0 Å². The fourth-order valence-electron chi connectivity index (χ4n) is 1.78.